The molecule has 1 aromatic rings. The van der Waals surface area contributed by atoms with Gasteiger partial charge < -0.3 is 15.8 Å². The molecule has 0 saturated carbocycles. The van der Waals surface area contributed by atoms with E-state index < -0.39 is 23.3 Å². The van der Waals surface area contributed by atoms with Crippen molar-refractivity contribution in [3.05, 3.63) is 29.8 Å². The number of ether oxygens (including phenoxy) is 1. The molecule has 6 heteroatoms. The molecule has 0 heterocycles. The minimum absolute atomic E-state index is 0.0987. The first-order valence-electron chi connectivity index (χ1n) is 6.99. The second-order valence-corrected chi connectivity index (χ2v) is 5.12. The highest BCUT2D eigenvalue weighted by Crippen LogP contribution is 2.17. The molecule has 0 aromatic heterocycles. The number of carbonyl (C=O) groups is 1. The molecule has 0 spiro atoms. The van der Waals surface area contributed by atoms with Gasteiger partial charge in [0.25, 0.3) is 5.91 Å². The van der Waals surface area contributed by atoms with Crippen LogP contribution in [0.3, 0.4) is 0 Å². The number of carbonyl (C=O) groups excluding carboxylic acids is 1. The molecule has 0 radical (unpaired) electrons. The standard InChI is InChI=1S/C15H22F2N2O2/c1-4-15(18,5-2)9-19-14(20)10(3)21-11-6-7-12(16)13(17)8-11/h6-8,10H,4-5,9,18H2,1-3H3,(H,19,20). The van der Waals surface area contributed by atoms with E-state index in [0.717, 1.165) is 25.0 Å². The quantitative estimate of drug-likeness (QED) is 0.812. The fourth-order valence-electron chi connectivity index (χ4n) is 1.71. The number of hydrogen-bond acceptors (Lipinski definition) is 3. The zero-order valence-corrected chi connectivity index (χ0v) is 12.6. The Balaban J connectivity index is 2.56. The van der Waals surface area contributed by atoms with E-state index in [1.807, 2.05) is 13.8 Å². The topological polar surface area (TPSA) is 64.3 Å². The van der Waals surface area contributed by atoms with Crippen molar-refractivity contribution in [3.8, 4) is 5.75 Å². The molecular formula is C15H22F2N2O2. The van der Waals surface area contributed by atoms with Gasteiger partial charge in [0.15, 0.2) is 17.7 Å². The molecule has 21 heavy (non-hydrogen) atoms. The average Bonchev–Trinajstić information content (AvgIpc) is 2.48. The number of benzene rings is 1. The summed E-state index contributed by atoms with van der Waals surface area (Å²) < 4.78 is 31.1. The van der Waals surface area contributed by atoms with Crippen LogP contribution in [0.15, 0.2) is 18.2 Å². The van der Waals surface area contributed by atoms with E-state index in [1.165, 1.54) is 13.0 Å². The Labute approximate surface area is 123 Å². The predicted octanol–water partition coefficient (Wildman–Crippen LogP) is 2.37. The molecule has 0 aliphatic rings. The summed E-state index contributed by atoms with van der Waals surface area (Å²) in [5.74, 6) is -2.23. The molecule has 4 nitrogen and oxygen atoms in total. The van der Waals surface area contributed by atoms with Gasteiger partial charge in [-0.1, -0.05) is 13.8 Å². The summed E-state index contributed by atoms with van der Waals surface area (Å²) in [6, 6.07) is 3.13. The lowest BCUT2D eigenvalue weighted by atomic mass is 9.94. The first-order chi connectivity index (χ1) is 9.81. The van der Waals surface area contributed by atoms with Crippen molar-refractivity contribution in [2.24, 2.45) is 5.73 Å². The van der Waals surface area contributed by atoms with E-state index in [9.17, 15) is 13.6 Å². The molecule has 1 rings (SSSR count). The molecule has 1 atom stereocenters. The van der Waals surface area contributed by atoms with Gasteiger partial charge in [0.05, 0.1) is 0 Å². The summed E-state index contributed by atoms with van der Waals surface area (Å²) in [6.45, 7) is 5.78. The third-order valence-electron chi connectivity index (χ3n) is 3.60. The molecule has 1 unspecified atom stereocenters. The number of hydrogen-bond donors (Lipinski definition) is 2. The van der Waals surface area contributed by atoms with Crippen LogP contribution in [-0.2, 0) is 4.79 Å². The molecule has 0 bridgehead atoms. The SMILES string of the molecule is CCC(N)(CC)CNC(=O)C(C)Oc1ccc(F)c(F)c1. The highest BCUT2D eigenvalue weighted by Gasteiger charge is 2.23. The number of nitrogens with one attached hydrogen (secondary N) is 1. The largest absolute Gasteiger partial charge is 0.481 e. The normalized spacial score (nSPS) is 12.9. The van der Waals surface area contributed by atoms with Gasteiger partial charge in [-0.15, -0.1) is 0 Å². The fourth-order valence-corrected chi connectivity index (χ4v) is 1.71. The van der Waals surface area contributed by atoms with E-state index in [-0.39, 0.29) is 11.7 Å². The minimum Gasteiger partial charge on any atom is -0.481 e. The van der Waals surface area contributed by atoms with Crippen molar-refractivity contribution in [3.63, 3.8) is 0 Å². The Hall–Kier alpha value is -1.69. The highest BCUT2D eigenvalue weighted by molar-refractivity contribution is 5.80. The fraction of sp³-hybridized carbons (Fsp3) is 0.533. The van der Waals surface area contributed by atoms with E-state index in [4.69, 9.17) is 10.5 Å². The maximum absolute atomic E-state index is 13.1. The third-order valence-corrected chi connectivity index (χ3v) is 3.60. The van der Waals surface area contributed by atoms with Crippen molar-refractivity contribution in [2.75, 3.05) is 6.54 Å². The Kier molecular flexibility index (Phi) is 6.08. The molecule has 0 fully saturated rings. The van der Waals surface area contributed by atoms with Crippen molar-refractivity contribution in [1.29, 1.82) is 0 Å². The van der Waals surface area contributed by atoms with Crippen molar-refractivity contribution >= 4 is 5.91 Å². The van der Waals surface area contributed by atoms with E-state index in [1.54, 1.807) is 0 Å². The molecule has 1 aromatic carbocycles. The lowest BCUT2D eigenvalue weighted by Gasteiger charge is -2.27. The Morgan fingerprint density at radius 1 is 1.33 bits per heavy atom. The van der Waals surface area contributed by atoms with Crippen LogP contribution in [0.5, 0.6) is 5.75 Å². The van der Waals surface area contributed by atoms with Gasteiger partial charge in [-0.3, -0.25) is 4.79 Å². The van der Waals surface area contributed by atoms with Gasteiger partial charge in [0.1, 0.15) is 5.75 Å². The van der Waals surface area contributed by atoms with Crippen LogP contribution in [-0.4, -0.2) is 24.1 Å². The average molecular weight is 300 g/mol. The summed E-state index contributed by atoms with van der Waals surface area (Å²) in [5, 5.41) is 2.71. The number of halogens is 2. The zero-order chi connectivity index (χ0) is 16.0. The van der Waals surface area contributed by atoms with Gasteiger partial charge in [-0.2, -0.15) is 0 Å². The van der Waals surface area contributed by atoms with Gasteiger partial charge in [-0.05, 0) is 31.9 Å². The number of amides is 1. The van der Waals surface area contributed by atoms with Crippen molar-refractivity contribution in [2.45, 2.75) is 45.3 Å². The lowest BCUT2D eigenvalue weighted by molar-refractivity contribution is -0.127. The van der Waals surface area contributed by atoms with Crippen LogP contribution in [0.25, 0.3) is 0 Å². The zero-order valence-electron chi connectivity index (χ0n) is 12.6. The van der Waals surface area contributed by atoms with Crippen LogP contribution < -0.4 is 15.8 Å². The minimum atomic E-state index is -1.02. The summed E-state index contributed by atoms with van der Waals surface area (Å²) in [5.41, 5.74) is 5.64. The Morgan fingerprint density at radius 2 is 1.95 bits per heavy atom. The molecule has 3 N–H and O–H groups in total. The maximum atomic E-state index is 13.1. The number of rotatable bonds is 7. The van der Waals surface area contributed by atoms with Gasteiger partial charge in [-0.25, -0.2) is 8.78 Å². The van der Waals surface area contributed by atoms with E-state index >= 15 is 0 Å². The van der Waals surface area contributed by atoms with Crippen LogP contribution >= 0.6 is 0 Å². The molecule has 0 saturated heterocycles. The number of nitrogens with two attached hydrogens (primary N) is 1. The first kappa shape index (κ1) is 17.4. The summed E-state index contributed by atoms with van der Waals surface area (Å²) >= 11 is 0. The summed E-state index contributed by atoms with van der Waals surface area (Å²) in [7, 11) is 0. The second-order valence-electron chi connectivity index (χ2n) is 5.12. The van der Waals surface area contributed by atoms with Gasteiger partial charge in [0.2, 0.25) is 0 Å². The van der Waals surface area contributed by atoms with Gasteiger partial charge >= 0.3 is 0 Å². The molecule has 118 valence electrons. The third kappa shape index (κ3) is 4.97. The molecule has 0 aliphatic carbocycles. The van der Waals surface area contributed by atoms with Gasteiger partial charge in [0, 0.05) is 18.2 Å². The van der Waals surface area contributed by atoms with Crippen molar-refractivity contribution in [1.82, 2.24) is 5.32 Å². The Morgan fingerprint density at radius 3 is 2.48 bits per heavy atom. The summed E-state index contributed by atoms with van der Waals surface area (Å²) in [6.07, 6.45) is 0.650. The molecule has 1 amide bonds. The van der Waals surface area contributed by atoms with Crippen LogP contribution in [0.4, 0.5) is 8.78 Å². The highest BCUT2D eigenvalue weighted by atomic mass is 19.2. The van der Waals surface area contributed by atoms with Crippen LogP contribution in [0, 0.1) is 11.6 Å². The molecular weight excluding hydrogens is 278 g/mol. The smallest absolute Gasteiger partial charge is 0.260 e. The Bertz CT molecular complexity index is 491. The lowest BCUT2D eigenvalue weighted by Crippen LogP contribution is -2.51. The van der Waals surface area contributed by atoms with Crippen molar-refractivity contribution < 1.29 is 18.3 Å². The monoisotopic (exact) mass is 300 g/mol. The van der Waals surface area contributed by atoms with E-state index in [0.29, 0.717) is 6.54 Å². The summed E-state index contributed by atoms with van der Waals surface area (Å²) in [4.78, 5) is 11.9. The van der Waals surface area contributed by atoms with Crippen LogP contribution in [0.2, 0.25) is 0 Å². The van der Waals surface area contributed by atoms with E-state index in [2.05, 4.69) is 5.32 Å². The first-order valence-corrected chi connectivity index (χ1v) is 6.99. The predicted molar refractivity (Wildman–Crippen MR) is 77.0 cm³/mol. The van der Waals surface area contributed by atoms with Crippen LogP contribution in [0.1, 0.15) is 33.6 Å². The maximum Gasteiger partial charge on any atom is 0.260 e. The molecule has 0 aliphatic heterocycles. The second kappa shape index (κ2) is 7.36.